The number of rotatable bonds is 6. The molecule has 0 amide bonds. The number of nitrogens with one attached hydrogen (secondary N) is 1. The Kier molecular flexibility index (Phi) is 4.44. The number of benzene rings is 1. The Morgan fingerprint density at radius 1 is 1.28 bits per heavy atom. The minimum Gasteiger partial charge on any atom is -0.383 e. The van der Waals surface area contributed by atoms with Gasteiger partial charge in [-0.1, -0.05) is 30.3 Å². The molecule has 0 saturated carbocycles. The molecule has 0 aliphatic carbocycles. The van der Waals surface area contributed by atoms with Gasteiger partial charge in [0.15, 0.2) is 5.82 Å². The maximum Gasteiger partial charge on any atom is 0.181 e. The highest BCUT2D eigenvalue weighted by molar-refractivity contribution is 5.53. The normalized spacial score (nSPS) is 10.8. The molecule has 0 aliphatic heterocycles. The van der Waals surface area contributed by atoms with Gasteiger partial charge in [-0.15, -0.1) is 0 Å². The van der Waals surface area contributed by atoms with Gasteiger partial charge in [0.1, 0.15) is 5.82 Å². The van der Waals surface area contributed by atoms with Crippen LogP contribution in [-0.4, -0.2) is 35.0 Å². The molecule has 0 fully saturated rings. The Bertz CT molecular complexity index is 481. The lowest BCUT2D eigenvalue weighted by molar-refractivity contribution is 0.199. The van der Waals surface area contributed by atoms with Gasteiger partial charge in [-0.3, -0.25) is 4.68 Å². The molecule has 0 atom stereocenters. The number of nitrogens with zero attached hydrogens (tertiary/aromatic N) is 3. The Morgan fingerprint density at radius 3 is 2.78 bits per heavy atom. The predicted octanol–water partition coefficient (Wildman–Crippen LogP) is 1.22. The fraction of sp³-hybridized carbons (Fsp3) is 0.385. The molecule has 0 spiro atoms. The van der Waals surface area contributed by atoms with Crippen molar-refractivity contribution in [2.45, 2.75) is 6.54 Å². The van der Waals surface area contributed by atoms with Crippen LogP contribution in [0.25, 0.3) is 11.4 Å². The van der Waals surface area contributed by atoms with Crippen molar-refractivity contribution >= 4 is 0 Å². The average Bonchev–Trinajstić information content (AvgIpc) is 2.77. The SMILES string of the molecule is COCCNCc1nc(-c2ccccc2)nn1C. The molecule has 5 nitrogen and oxygen atoms in total. The number of methoxy groups -OCH3 is 1. The summed E-state index contributed by atoms with van der Waals surface area (Å²) < 4.78 is 6.79. The first-order valence-corrected chi connectivity index (χ1v) is 5.96. The third-order valence-corrected chi connectivity index (χ3v) is 2.65. The Labute approximate surface area is 107 Å². The highest BCUT2D eigenvalue weighted by atomic mass is 16.5. The van der Waals surface area contributed by atoms with Gasteiger partial charge in [-0.2, -0.15) is 5.10 Å². The molecule has 1 aromatic carbocycles. The molecule has 1 N–H and O–H groups in total. The number of aromatic nitrogens is 3. The molecule has 1 aromatic heterocycles. The smallest absolute Gasteiger partial charge is 0.181 e. The lowest BCUT2D eigenvalue weighted by atomic mass is 10.2. The molecule has 0 radical (unpaired) electrons. The average molecular weight is 246 g/mol. The summed E-state index contributed by atoms with van der Waals surface area (Å²) in [7, 11) is 3.60. The van der Waals surface area contributed by atoms with Crippen molar-refractivity contribution in [1.82, 2.24) is 20.1 Å². The van der Waals surface area contributed by atoms with E-state index in [-0.39, 0.29) is 0 Å². The molecule has 0 unspecified atom stereocenters. The van der Waals surface area contributed by atoms with Crippen LogP contribution in [0.3, 0.4) is 0 Å². The zero-order chi connectivity index (χ0) is 12.8. The second-order valence-corrected chi connectivity index (χ2v) is 4.01. The quantitative estimate of drug-likeness (QED) is 0.779. The fourth-order valence-corrected chi connectivity index (χ4v) is 1.65. The largest absolute Gasteiger partial charge is 0.383 e. The molecule has 0 aliphatic rings. The molecule has 18 heavy (non-hydrogen) atoms. The second-order valence-electron chi connectivity index (χ2n) is 4.01. The second kappa shape index (κ2) is 6.28. The van der Waals surface area contributed by atoms with Crippen LogP contribution in [-0.2, 0) is 18.3 Å². The van der Waals surface area contributed by atoms with Gasteiger partial charge in [0, 0.05) is 26.3 Å². The summed E-state index contributed by atoms with van der Waals surface area (Å²) in [5, 5.41) is 7.67. The van der Waals surface area contributed by atoms with Gasteiger partial charge in [0.05, 0.1) is 13.2 Å². The number of aryl methyl sites for hydroxylation is 1. The van der Waals surface area contributed by atoms with E-state index >= 15 is 0 Å². The van der Waals surface area contributed by atoms with Gasteiger partial charge in [0.2, 0.25) is 0 Å². The predicted molar refractivity (Wildman–Crippen MR) is 70.0 cm³/mol. The molecule has 5 heteroatoms. The molecular weight excluding hydrogens is 228 g/mol. The molecule has 2 rings (SSSR count). The summed E-state index contributed by atoms with van der Waals surface area (Å²) >= 11 is 0. The van der Waals surface area contributed by atoms with E-state index in [1.165, 1.54) is 0 Å². The van der Waals surface area contributed by atoms with Crippen molar-refractivity contribution in [2.75, 3.05) is 20.3 Å². The Hall–Kier alpha value is -1.72. The van der Waals surface area contributed by atoms with Crippen molar-refractivity contribution in [3.05, 3.63) is 36.2 Å². The van der Waals surface area contributed by atoms with Gasteiger partial charge < -0.3 is 10.1 Å². The van der Waals surface area contributed by atoms with E-state index in [1.54, 1.807) is 7.11 Å². The van der Waals surface area contributed by atoms with E-state index < -0.39 is 0 Å². The number of hydrogen-bond acceptors (Lipinski definition) is 4. The van der Waals surface area contributed by atoms with Crippen LogP contribution in [0.5, 0.6) is 0 Å². The lowest BCUT2D eigenvalue weighted by Crippen LogP contribution is -2.20. The van der Waals surface area contributed by atoms with Gasteiger partial charge in [0.25, 0.3) is 0 Å². The molecule has 0 bridgehead atoms. The third-order valence-electron chi connectivity index (χ3n) is 2.65. The van der Waals surface area contributed by atoms with Crippen LogP contribution in [0.2, 0.25) is 0 Å². The van der Waals surface area contributed by atoms with Crippen LogP contribution in [0, 0.1) is 0 Å². The van der Waals surface area contributed by atoms with Crippen LogP contribution >= 0.6 is 0 Å². The van der Waals surface area contributed by atoms with Gasteiger partial charge in [-0.25, -0.2) is 4.98 Å². The Balaban J connectivity index is 2.03. The minimum atomic E-state index is 0.694. The molecule has 2 aromatic rings. The summed E-state index contributed by atoms with van der Waals surface area (Å²) in [5.74, 6) is 1.69. The molecule has 0 saturated heterocycles. The molecule has 96 valence electrons. The fourth-order valence-electron chi connectivity index (χ4n) is 1.65. The van der Waals surface area contributed by atoms with E-state index in [4.69, 9.17) is 4.74 Å². The summed E-state index contributed by atoms with van der Waals surface area (Å²) in [6.07, 6.45) is 0. The van der Waals surface area contributed by atoms with Crippen molar-refractivity contribution < 1.29 is 4.74 Å². The van der Waals surface area contributed by atoms with Crippen molar-refractivity contribution in [2.24, 2.45) is 7.05 Å². The third kappa shape index (κ3) is 3.15. The van der Waals surface area contributed by atoms with E-state index in [1.807, 2.05) is 42.1 Å². The van der Waals surface area contributed by atoms with Crippen molar-refractivity contribution in [1.29, 1.82) is 0 Å². The number of hydrogen-bond donors (Lipinski definition) is 1. The number of ether oxygens (including phenoxy) is 1. The highest BCUT2D eigenvalue weighted by Gasteiger charge is 2.07. The first-order chi connectivity index (χ1) is 8.81. The molecular formula is C13H18N4O. The first kappa shape index (κ1) is 12.7. The first-order valence-electron chi connectivity index (χ1n) is 5.96. The van der Waals surface area contributed by atoms with Gasteiger partial charge in [-0.05, 0) is 0 Å². The summed E-state index contributed by atoms with van der Waals surface area (Å²) in [6, 6.07) is 9.99. The van der Waals surface area contributed by atoms with Gasteiger partial charge >= 0.3 is 0 Å². The monoisotopic (exact) mass is 246 g/mol. The van der Waals surface area contributed by atoms with Crippen LogP contribution in [0.1, 0.15) is 5.82 Å². The summed E-state index contributed by atoms with van der Waals surface area (Å²) in [4.78, 5) is 4.53. The summed E-state index contributed by atoms with van der Waals surface area (Å²) in [6.45, 7) is 2.20. The summed E-state index contributed by atoms with van der Waals surface area (Å²) in [5.41, 5.74) is 1.04. The highest BCUT2D eigenvalue weighted by Crippen LogP contribution is 2.14. The van der Waals surface area contributed by atoms with Crippen LogP contribution in [0.15, 0.2) is 30.3 Å². The molecule has 1 heterocycles. The van der Waals surface area contributed by atoms with E-state index in [9.17, 15) is 0 Å². The lowest BCUT2D eigenvalue weighted by Gasteiger charge is -2.02. The maximum atomic E-state index is 4.98. The van der Waals surface area contributed by atoms with E-state index in [2.05, 4.69) is 15.4 Å². The van der Waals surface area contributed by atoms with Crippen LogP contribution < -0.4 is 5.32 Å². The van der Waals surface area contributed by atoms with E-state index in [0.29, 0.717) is 13.2 Å². The minimum absolute atomic E-state index is 0.694. The zero-order valence-electron chi connectivity index (χ0n) is 10.8. The topological polar surface area (TPSA) is 52.0 Å². The van der Waals surface area contributed by atoms with Crippen molar-refractivity contribution in [3.63, 3.8) is 0 Å². The Morgan fingerprint density at radius 2 is 2.06 bits per heavy atom. The van der Waals surface area contributed by atoms with Crippen molar-refractivity contribution in [3.8, 4) is 11.4 Å². The standard InChI is InChI=1S/C13H18N4O/c1-17-12(10-14-8-9-18-2)15-13(16-17)11-6-4-3-5-7-11/h3-7,14H,8-10H2,1-2H3. The zero-order valence-corrected chi connectivity index (χ0v) is 10.8. The maximum absolute atomic E-state index is 4.98. The van der Waals surface area contributed by atoms with E-state index in [0.717, 1.165) is 23.8 Å². The van der Waals surface area contributed by atoms with Crippen LogP contribution in [0.4, 0.5) is 0 Å².